The van der Waals surface area contributed by atoms with Gasteiger partial charge in [-0.05, 0) is 57.8 Å². The highest BCUT2D eigenvalue weighted by molar-refractivity contribution is 6.27. The van der Waals surface area contributed by atoms with Crippen LogP contribution in [-0.2, 0) is 4.79 Å². The maximum atomic E-state index is 11.3. The van der Waals surface area contributed by atoms with Gasteiger partial charge in [0.1, 0.15) is 11.7 Å². The number of nitrogens with one attached hydrogen (secondary N) is 3. The quantitative estimate of drug-likeness (QED) is 0.223. The minimum absolute atomic E-state index is 0.0278. The van der Waals surface area contributed by atoms with Crippen LogP contribution in [0.15, 0.2) is 12.1 Å². The molecule has 0 bridgehead atoms. The third-order valence-corrected chi connectivity index (χ3v) is 6.67. The van der Waals surface area contributed by atoms with Gasteiger partial charge in [-0.25, -0.2) is 4.98 Å². The van der Waals surface area contributed by atoms with Crippen molar-refractivity contribution in [1.82, 2.24) is 20.2 Å². The van der Waals surface area contributed by atoms with Crippen LogP contribution in [0.3, 0.4) is 0 Å². The van der Waals surface area contributed by atoms with E-state index in [1.54, 1.807) is 14.2 Å². The lowest BCUT2D eigenvalue weighted by molar-refractivity contribution is -0.118. The number of carbonyl (C=O) groups excluding carboxylic acids is 1. The summed E-state index contributed by atoms with van der Waals surface area (Å²) in [6.45, 7) is 5.78. The Labute approximate surface area is 219 Å². The van der Waals surface area contributed by atoms with E-state index in [2.05, 4.69) is 25.8 Å². The van der Waals surface area contributed by atoms with Crippen LogP contribution in [0, 0.1) is 0 Å². The Hall–Kier alpha value is -2.52. The Morgan fingerprint density at radius 2 is 1.64 bits per heavy atom. The predicted molar refractivity (Wildman–Crippen MR) is 147 cm³/mol. The third kappa shape index (κ3) is 8.85. The Kier molecular flexibility index (Phi) is 12.1. The van der Waals surface area contributed by atoms with Crippen molar-refractivity contribution in [2.75, 3.05) is 70.0 Å². The summed E-state index contributed by atoms with van der Waals surface area (Å²) >= 11 is 5.51. The molecular formula is C26H41ClN6O3. The van der Waals surface area contributed by atoms with Crippen molar-refractivity contribution in [2.24, 2.45) is 0 Å². The normalized spacial score (nSPS) is 14.0. The number of hydrogen-bond donors (Lipinski definition) is 3. The average Bonchev–Trinajstić information content (AvgIpc) is 2.91. The number of amides is 1. The van der Waals surface area contributed by atoms with Crippen LogP contribution in [0.5, 0.6) is 11.5 Å². The molecule has 2 aromatic rings. The fourth-order valence-corrected chi connectivity index (χ4v) is 4.53. The van der Waals surface area contributed by atoms with Gasteiger partial charge in [0.2, 0.25) is 11.9 Å². The van der Waals surface area contributed by atoms with E-state index < -0.39 is 0 Å². The predicted octanol–water partition coefficient (Wildman–Crippen LogP) is 4.26. The summed E-state index contributed by atoms with van der Waals surface area (Å²) in [6.07, 6.45) is 9.64. The van der Waals surface area contributed by atoms with E-state index in [9.17, 15) is 4.79 Å². The van der Waals surface area contributed by atoms with Crippen molar-refractivity contribution in [3.8, 4) is 11.5 Å². The number of ether oxygens (including phenoxy) is 2. The third-order valence-electron chi connectivity index (χ3n) is 6.42. The van der Waals surface area contributed by atoms with Crippen molar-refractivity contribution in [2.45, 2.75) is 51.4 Å². The lowest BCUT2D eigenvalue weighted by atomic mass is 10.1. The number of fused-ring (bicyclic) bond motifs is 1. The van der Waals surface area contributed by atoms with E-state index in [1.165, 1.54) is 58.2 Å². The second-order valence-corrected chi connectivity index (χ2v) is 9.39. The monoisotopic (exact) mass is 520 g/mol. The van der Waals surface area contributed by atoms with Crippen LogP contribution in [0.4, 0.5) is 11.8 Å². The van der Waals surface area contributed by atoms with Crippen LogP contribution >= 0.6 is 11.6 Å². The van der Waals surface area contributed by atoms with Crippen LogP contribution in [0.1, 0.15) is 51.4 Å². The molecule has 0 unspecified atom stereocenters. The Bertz CT molecular complexity index is 955. The molecule has 0 aliphatic carbocycles. The molecule has 1 saturated heterocycles. The number of rotatable bonds is 16. The molecule has 3 N–H and O–H groups in total. The lowest BCUT2D eigenvalue weighted by Crippen LogP contribution is -2.30. The van der Waals surface area contributed by atoms with Crippen molar-refractivity contribution in [3.63, 3.8) is 0 Å². The van der Waals surface area contributed by atoms with Crippen molar-refractivity contribution < 1.29 is 14.3 Å². The number of halogens is 1. The second kappa shape index (κ2) is 15.6. The summed E-state index contributed by atoms with van der Waals surface area (Å²) in [5.74, 6) is 2.37. The fraction of sp³-hybridized carbons (Fsp3) is 0.654. The molecule has 0 spiro atoms. The number of nitrogens with zero attached hydrogens (tertiary/aromatic N) is 3. The fourth-order valence-electron chi connectivity index (χ4n) is 4.44. The molecule has 200 valence electrons. The molecule has 36 heavy (non-hydrogen) atoms. The minimum atomic E-state index is -0.169. The van der Waals surface area contributed by atoms with Gasteiger partial charge in [-0.15, -0.1) is 11.6 Å². The molecule has 1 fully saturated rings. The maximum Gasteiger partial charge on any atom is 0.234 e. The molecule has 1 aromatic carbocycles. The van der Waals surface area contributed by atoms with E-state index in [-0.39, 0.29) is 11.8 Å². The standard InChI is InChI=1S/C26H41ClN6O3/c1-35-22-17-20-21(18-23(22)36-2)31-26(30-13-10-12-28-24(34)19-27)32-25(20)29-11-6-3-4-7-14-33-15-8-5-9-16-33/h17-18H,3-16,19H2,1-2H3,(H,28,34)(H2,29,30,31,32). The number of likely N-dealkylation sites (tertiary alicyclic amines) is 1. The smallest absolute Gasteiger partial charge is 0.234 e. The molecule has 2 heterocycles. The largest absolute Gasteiger partial charge is 0.493 e. The molecule has 1 amide bonds. The highest BCUT2D eigenvalue weighted by Gasteiger charge is 2.13. The van der Waals surface area contributed by atoms with Crippen LogP contribution in [-0.4, -0.2) is 80.1 Å². The number of carbonyl (C=O) groups is 1. The first-order valence-corrected chi connectivity index (χ1v) is 13.6. The number of hydrogen-bond acceptors (Lipinski definition) is 8. The zero-order valence-corrected chi connectivity index (χ0v) is 22.5. The zero-order chi connectivity index (χ0) is 25.6. The Morgan fingerprint density at radius 1 is 0.917 bits per heavy atom. The molecule has 10 heteroatoms. The highest BCUT2D eigenvalue weighted by Crippen LogP contribution is 2.34. The van der Waals surface area contributed by atoms with E-state index in [0.717, 1.165) is 36.1 Å². The van der Waals surface area contributed by atoms with Crippen LogP contribution in [0.2, 0.25) is 0 Å². The minimum Gasteiger partial charge on any atom is -0.493 e. The first-order chi connectivity index (χ1) is 17.6. The number of methoxy groups -OCH3 is 2. The first kappa shape index (κ1) is 28.1. The molecule has 1 aliphatic heterocycles. The SMILES string of the molecule is COc1cc2nc(NCCCNC(=O)CCl)nc(NCCCCCCN3CCCCC3)c2cc1OC. The summed E-state index contributed by atoms with van der Waals surface area (Å²) < 4.78 is 11.0. The zero-order valence-electron chi connectivity index (χ0n) is 21.7. The van der Waals surface area contributed by atoms with Crippen molar-refractivity contribution >= 4 is 40.2 Å². The van der Waals surface area contributed by atoms with Gasteiger partial charge >= 0.3 is 0 Å². The molecular weight excluding hydrogens is 480 g/mol. The lowest BCUT2D eigenvalue weighted by Gasteiger charge is -2.26. The van der Waals surface area contributed by atoms with Crippen molar-refractivity contribution in [3.05, 3.63) is 12.1 Å². The molecule has 9 nitrogen and oxygen atoms in total. The number of aromatic nitrogens is 2. The van der Waals surface area contributed by atoms with Gasteiger partial charge in [-0.2, -0.15) is 4.98 Å². The van der Waals surface area contributed by atoms with Gasteiger partial charge in [0.05, 0.1) is 19.7 Å². The van der Waals surface area contributed by atoms with E-state index in [1.807, 2.05) is 12.1 Å². The number of benzene rings is 1. The molecule has 1 aliphatic rings. The Balaban J connectivity index is 1.55. The van der Waals surface area contributed by atoms with Gasteiger partial charge < -0.3 is 30.3 Å². The van der Waals surface area contributed by atoms with Gasteiger partial charge in [0.15, 0.2) is 11.5 Å². The molecule has 1 aromatic heterocycles. The Morgan fingerprint density at radius 3 is 2.39 bits per heavy atom. The average molecular weight is 521 g/mol. The first-order valence-electron chi connectivity index (χ1n) is 13.1. The number of unbranched alkanes of at least 4 members (excludes halogenated alkanes) is 3. The number of piperidine rings is 1. The highest BCUT2D eigenvalue weighted by atomic mass is 35.5. The van der Waals surface area contributed by atoms with Crippen molar-refractivity contribution in [1.29, 1.82) is 0 Å². The number of anilines is 2. The van der Waals surface area contributed by atoms with Crippen LogP contribution in [0.25, 0.3) is 10.9 Å². The van der Waals surface area contributed by atoms with Gasteiger partial charge in [-0.1, -0.05) is 19.3 Å². The molecule has 0 saturated carbocycles. The van der Waals surface area contributed by atoms with Gasteiger partial charge in [0.25, 0.3) is 0 Å². The topological polar surface area (TPSA) is 101 Å². The maximum absolute atomic E-state index is 11.3. The van der Waals surface area contributed by atoms with Gasteiger partial charge in [-0.3, -0.25) is 4.79 Å². The summed E-state index contributed by atoms with van der Waals surface area (Å²) in [5.41, 5.74) is 0.768. The van der Waals surface area contributed by atoms with Gasteiger partial charge in [0, 0.05) is 31.1 Å². The van der Waals surface area contributed by atoms with E-state index in [4.69, 9.17) is 26.1 Å². The summed E-state index contributed by atoms with van der Waals surface area (Å²) in [7, 11) is 3.24. The summed E-state index contributed by atoms with van der Waals surface area (Å²) in [5, 5.41) is 10.4. The van der Waals surface area contributed by atoms with E-state index in [0.29, 0.717) is 30.5 Å². The second-order valence-electron chi connectivity index (χ2n) is 9.13. The summed E-state index contributed by atoms with van der Waals surface area (Å²) in [6, 6.07) is 3.79. The number of alkyl halides is 1. The van der Waals surface area contributed by atoms with Crippen LogP contribution < -0.4 is 25.4 Å². The van der Waals surface area contributed by atoms with E-state index >= 15 is 0 Å². The summed E-state index contributed by atoms with van der Waals surface area (Å²) in [4.78, 5) is 23.3. The molecule has 3 rings (SSSR count). The molecule has 0 atom stereocenters. The molecule has 0 radical (unpaired) electrons.